The molecule has 21 heavy (non-hydrogen) atoms. The first-order valence-electron chi connectivity index (χ1n) is 6.57. The summed E-state index contributed by atoms with van der Waals surface area (Å²) in [6.07, 6.45) is 5.38. The van der Waals surface area contributed by atoms with Crippen LogP contribution in [0.25, 0.3) is 5.69 Å². The van der Waals surface area contributed by atoms with Crippen LogP contribution >= 0.6 is 0 Å². The molecule has 0 atom stereocenters. The summed E-state index contributed by atoms with van der Waals surface area (Å²) in [5, 5.41) is 1.59. The molecular weight excluding hydrogens is 267 g/mol. The van der Waals surface area contributed by atoms with Crippen molar-refractivity contribution in [3.8, 4) is 5.69 Å². The fourth-order valence-electron chi connectivity index (χ4n) is 2.11. The highest BCUT2D eigenvalue weighted by Gasteiger charge is 2.04. The average molecular weight is 282 g/mol. The maximum Gasteiger partial charge on any atom is 0.123 e. The molecule has 1 heterocycles. The summed E-state index contributed by atoms with van der Waals surface area (Å²) >= 11 is 0. The van der Waals surface area contributed by atoms with Gasteiger partial charge in [-0.25, -0.2) is 15.2 Å². The molecule has 1 aromatic heterocycles. The lowest BCUT2D eigenvalue weighted by Gasteiger charge is -2.19. The van der Waals surface area contributed by atoms with Crippen LogP contribution in [0.2, 0.25) is 0 Å². The minimum Gasteiger partial charge on any atom is -0.307 e. The molecule has 106 valence electrons. The Morgan fingerprint density at radius 1 is 1.05 bits per heavy atom. The quantitative estimate of drug-likeness (QED) is 0.591. The number of aromatic nitrogens is 2. The molecule has 5 heteroatoms. The number of hydrogen-bond acceptors (Lipinski definition) is 3. The van der Waals surface area contributed by atoms with Crippen molar-refractivity contribution in [3.63, 3.8) is 0 Å². The van der Waals surface area contributed by atoms with E-state index >= 15 is 0 Å². The fraction of sp³-hybridized carbons (Fsp3) is 0.0625. The third-order valence-corrected chi connectivity index (χ3v) is 3.25. The predicted octanol–water partition coefficient (Wildman–Crippen LogP) is 2.89. The van der Waals surface area contributed by atoms with E-state index in [1.807, 2.05) is 35.0 Å². The highest BCUT2D eigenvalue weighted by atomic mass is 19.1. The molecule has 0 radical (unpaired) electrons. The van der Waals surface area contributed by atoms with Gasteiger partial charge >= 0.3 is 0 Å². The summed E-state index contributed by atoms with van der Waals surface area (Å²) in [6, 6.07) is 14.2. The van der Waals surface area contributed by atoms with Crippen molar-refractivity contribution in [2.75, 3.05) is 5.01 Å². The Kier molecular flexibility index (Phi) is 3.66. The van der Waals surface area contributed by atoms with Crippen molar-refractivity contribution in [2.24, 2.45) is 5.84 Å². The molecule has 3 aromatic rings. The lowest BCUT2D eigenvalue weighted by atomic mass is 10.2. The molecule has 0 aliphatic rings. The number of halogens is 1. The third-order valence-electron chi connectivity index (χ3n) is 3.25. The van der Waals surface area contributed by atoms with Crippen LogP contribution < -0.4 is 10.9 Å². The van der Waals surface area contributed by atoms with Crippen LogP contribution in [-0.4, -0.2) is 9.55 Å². The molecule has 2 N–H and O–H groups in total. The summed E-state index contributed by atoms with van der Waals surface area (Å²) in [7, 11) is 0. The Morgan fingerprint density at radius 2 is 1.76 bits per heavy atom. The van der Waals surface area contributed by atoms with Crippen LogP contribution in [-0.2, 0) is 6.54 Å². The van der Waals surface area contributed by atoms with Crippen LogP contribution in [0.1, 0.15) is 5.56 Å². The van der Waals surface area contributed by atoms with Gasteiger partial charge in [0.2, 0.25) is 0 Å². The number of nitrogens with two attached hydrogens (primary N) is 1. The van der Waals surface area contributed by atoms with E-state index in [9.17, 15) is 4.39 Å². The Balaban J connectivity index is 1.71. The zero-order chi connectivity index (χ0) is 14.7. The topological polar surface area (TPSA) is 47.1 Å². The van der Waals surface area contributed by atoms with Gasteiger partial charge in [0.05, 0.1) is 18.6 Å². The maximum atomic E-state index is 12.9. The van der Waals surface area contributed by atoms with E-state index in [0.717, 1.165) is 16.9 Å². The highest BCUT2D eigenvalue weighted by Crippen LogP contribution is 2.16. The van der Waals surface area contributed by atoms with Gasteiger partial charge in [-0.2, -0.15) is 0 Å². The smallest absolute Gasteiger partial charge is 0.123 e. The fourth-order valence-corrected chi connectivity index (χ4v) is 2.11. The molecule has 0 unspecified atom stereocenters. The van der Waals surface area contributed by atoms with Crippen LogP contribution in [0, 0.1) is 5.82 Å². The number of nitrogens with zero attached hydrogens (tertiary/aromatic N) is 3. The standard InChI is InChI=1S/C16H15FN4/c17-14-3-7-16(8-4-14)21(18)11-13-1-5-15(6-2-13)20-10-9-19-12-20/h1-10,12H,11,18H2. The zero-order valence-corrected chi connectivity index (χ0v) is 11.4. The van der Waals surface area contributed by atoms with Crippen molar-refractivity contribution < 1.29 is 4.39 Å². The second kappa shape index (κ2) is 5.76. The molecule has 0 aliphatic heterocycles. The first-order chi connectivity index (χ1) is 10.2. The summed E-state index contributed by atoms with van der Waals surface area (Å²) in [6.45, 7) is 0.551. The monoisotopic (exact) mass is 282 g/mol. The van der Waals surface area contributed by atoms with E-state index < -0.39 is 0 Å². The van der Waals surface area contributed by atoms with Crippen molar-refractivity contribution in [1.29, 1.82) is 0 Å². The largest absolute Gasteiger partial charge is 0.307 e. The lowest BCUT2D eigenvalue weighted by molar-refractivity contribution is 0.627. The molecule has 0 fully saturated rings. The lowest BCUT2D eigenvalue weighted by Crippen LogP contribution is -2.29. The Morgan fingerprint density at radius 3 is 2.38 bits per heavy atom. The van der Waals surface area contributed by atoms with Gasteiger partial charge in [-0.1, -0.05) is 12.1 Å². The van der Waals surface area contributed by atoms with Crippen molar-refractivity contribution >= 4 is 5.69 Å². The van der Waals surface area contributed by atoms with Gasteiger partial charge in [0.25, 0.3) is 0 Å². The molecule has 4 nitrogen and oxygen atoms in total. The van der Waals surface area contributed by atoms with Gasteiger partial charge in [-0.15, -0.1) is 0 Å². The van der Waals surface area contributed by atoms with E-state index in [2.05, 4.69) is 4.98 Å². The van der Waals surface area contributed by atoms with Crippen molar-refractivity contribution in [2.45, 2.75) is 6.54 Å². The first kappa shape index (κ1) is 13.3. The summed E-state index contributed by atoms with van der Waals surface area (Å²) < 4.78 is 14.8. The summed E-state index contributed by atoms with van der Waals surface area (Å²) in [5.74, 6) is 5.74. The van der Waals surface area contributed by atoms with E-state index in [1.165, 1.54) is 12.1 Å². The molecule has 0 spiro atoms. The van der Waals surface area contributed by atoms with Gasteiger partial charge in [-0.05, 0) is 42.0 Å². The third kappa shape index (κ3) is 3.09. The maximum absolute atomic E-state index is 12.9. The second-order valence-corrected chi connectivity index (χ2v) is 4.74. The SMILES string of the molecule is NN(Cc1ccc(-n2ccnc2)cc1)c1ccc(F)cc1. The van der Waals surface area contributed by atoms with E-state index in [1.54, 1.807) is 29.7 Å². The highest BCUT2D eigenvalue weighted by molar-refractivity contribution is 5.45. The predicted molar refractivity (Wildman–Crippen MR) is 80.3 cm³/mol. The van der Waals surface area contributed by atoms with E-state index in [-0.39, 0.29) is 5.82 Å². The number of hydrogen-bond donors (Lipinski definition) is 1. The van der Waals surface area contributed by atoms with Gasteiger partial charge < -0.3 is 9.58 Å². The summed E-state index contributed by atoms with van der Waals surface area (Å²) in [5.41, 5.74) is 2.89. The van der Waals surface area contributed by atoms with Crippen molar-refractivity contribution in [1.82, 2.24) is 9.55 Å². The second-order valence-electron chi connectivity index (χ2n) is 4.74. The number of hydrazine groups is 1. The molecule has 0 saturated carbocycles. The van der Waals surface area contributed by atoms with Crippen LogP contribution in [0.3, 0.4) is 0 Å². The first-order valence-corrected chi connectivity index (χ1v) is 6.57. The number of anilines is 1. The van der Waals surface area contributed by atoms with Gasteiger partial charge in [0.15, 0.2) is 0 Å². The number of imidazole rings is 1. The van der Waals surface area contributed by atoms with Crippen molar-refractivity contribution in [3.05, 3.63) is 78.6 Å². The zero-order valence-electron chi connectivity index (χ0n) is 11.4. The molecule has 3 rings (SSSR count). The molecular formula is C16H15FN4. The normalized spacial score (nSPS) is 10.6. The van der Waals surface area contributed by atoms with Gasteiger partial charge in [0, 0.05) is 18.1 Å². The van der Waals surface area contributed by atoms with Crippen LogP contribution in [0.15, 0.2) is 67.3 Å². The molecule has 0 bridgehead atoms. The van der Waals surface area contributed by atoms with Crippen LogP contribution in [0.4, 0.5) is 10.1 Å². The summed E-state index contributed by atoms with van der Waals surface area (Å²) in [4.78, 5) is 4.02. The average Bonchev–Trinajstić information content (AvgIpc) is 3.03. The molecule has 2 aromatic carbocycles. The minimum atomic E-state index is -0.267. The molecule has 0 saturated heterocycles. The number of rotatable bonds is 4. The Labute approximate surface area is 122 Å². The van der Waals surface area contributed by atoms with E-state index in [4.69, 9.17) is 5.84 Å². The molecule has 0 amide bonds. The van der Waals surface area contributed by atoms with E-state index in [0.29, 0.717) is 6.54 Å². The van der Waals surface area contributed by atoms with Crippen LogP contribution in [0.5, 0.6) is 0 Å². The van der Waals surface area contributed by atoms with Gasteiger partial charge in [0.1, 0.15) is 5.82 Å². The van der Waals surface area contributed by atoms with Gasteiger partial charge in [-0.3, -0.25) is 0 Å². The number of benzene rings is 2. The Bertz CT molecular complexity index is 690. The Hall–Kier alpha value is -2.66. The minimum absolute atomic E-state index is 0.267. The molecule has 0 aliphatic carbocycles.